The van der Waals surface area contributed by atoms with Crippen LogP contribution in [0, 0.1) is 5.82 Å². The lowest BCUT2D eigenvalue weighted by molar-refractivity contribution is 0.366. The molecule has 9 heteroatoms. The molecule has 0 saturated carbocycles. The van der Waals surface area contributed by atoms with Gasteiger partial charge in [0.1, 0.15) is 18.0 Å². The van der Waals surface area contributed by atoms with Crippen LogP contribution in [0.15, 0.2) is 41.3 Å². The van der Waals surface area contributed by atoms with E-state index in [0.29, 0.717) is 24.7 Å². The van der Waals surface area contributed by atoms with E-state index in [1.807, 2.05) is 4.68 Å². The smallest absolute Gasteiger partial charge is 0.227 e. The zero-order chi connectivity index (χ0) is 20.4. The van der Waals surface area contributed by atoms with Gasteiger partial charge in [0, 0.05) is 18.5 Å². The standard InChI is InChI=1S/C20H22FN7O/c1-20(2,3)28-19-15(11-25-28)18(23-12-24-19)22-10-4-5-16-26-17(27-29-16)13-6-8-14(21)9-7-13/h6-9,11-12H,4-5,10H2,1-3H3,(H,22,23,24). The van der Waals surface area contributed by atoms with Gasteiger partial charge in [-0.25, -0.2) is 19.0 Å². The maximum absolute atomic E-state index is 13.0. The molecule has 0 bridgehead atoms. The second-order valence-corrected chi connectivity index (χ2v) is 7.74. The molecule has 0 amide bonds. The molecule has 0 aliphatic carbocycles. The van der Waals surface area contributed by atoms with Gasteiger partial charge in [0.2, 0.25) is 11.7 Å². The fraction of sp³-hybridized carbons (Fsp3) is 0.350. The number of hydrogen-bond acceptors (Lipinski definition) is 7. The average molecular weight is 395 g/mol. The van der Waals surface area contributed by atoms with Crippen LogP contribution in [-0.4, -0.2) is 36.4 Å². The van der Waals surface area contributed by atoms with E-state index in [1.54, 1.807) is 24.7 Å². The van der Waals surface area contributed by atoms with Gasteiger partial charge in [0.05, 0.1) is 17.1 Å². The first-order chi connectivity index (χ1) is 13.9. The number of rotatable bonds is 6. The SMILES string of the molecule is CC(C)(C)n1ncc2c(NCCCc3nc(-c4ccc(F)cc4)no3)ncnc21. The summed E-state index contributed by atoms with van der Waals surface area (Å²) in [7, 11) is 0. The second kappa shape index (κ2) is 7.57. The maximum Gasteiger partial charge on any atom is 0.227 e. The van der Waals surface area contributed by atoms with Crippen LogP contribution < -0.4 is 5.32 Å². The number of aromatic nitrogens is 6. The summed E-state index contributed by atoms with van der Waals surface area (Å²) in [5, 5.41) is 12.6. The first-order valence-corrected chi connectivity index (χ1v) is 9.43. The third-order valence-electron chi connectivity index (χ3n) is 4.43. The number of fused-ring (bicyclic) bond motifs is 1. The summed E-state index contributed by atoms with van der Waals surface area (Å²) in [5.41, 5.74) is 1.36. The average Bonchev–Trinajstić information content (AvgIpc) is 3.33. The Morgan fingerprint density at radius 3 is 2.69 bits per heavy atom. The molecule has 0 spiro atoms. The van der Waals surface area contributed by atoms with Crippen molar-refractivity contribution in [3.8, 4) is 11.4 Å². The Hall–Kier alpha value is -3.36. The van der Waals surface area contributed by atoms with Crippen molar-refractivity contribution in [2.45, 2.75) is 39.2 Å². The van der Waals surface area contributed by atoms with Crippen LogP contribution in [-0.2, 0) is 12.0 Å². The summed E-state index contributed by atoms with van der Waals surface area (Å²) in [5.74, 6) is 1.46. The number of nitrogens with one attached hydrogen (secondary N) is 1. The Kier molecular flexibility index (Phi) is 4.96. The third-order valence-corrected chi connectivity index (χ3v) is 4.43. The van der Waals surface area contributed by atoms with Gasteiger partial charge in [-0.15, -0.1) is 0 Å². The highest BCUT2D eigenvalue weighted by Crippen LogP contribution is 2.24. The van der Waals surface area contributed by atoms with Crippen LogP contribution in [0.5, 0.6) is 0 Å². The van der Waals surface area contributed by atoms with Crippen LogP contribution in [0.1, 0.15) is 33.1 Å². The highest BCUT2D eigenvalue weighted by Gasteiger charge is 2.19. The minimum atomic E-state index is -0.296. The molecule has 3 heterocycles. The van der Waals surface area contributed by atoms with Gasteiger partial charge in [0.15, 0.2) is 5.65 Å². The topological polar surface area (TPSA) is 94.6 Å². The quantitative estimate of drug-likeness (QED) is 0.496. The summed E-state index contributed by atoms with van der Waals surface area (Å²) < 4.78 is 20.2. The van der Waals surface area contributed by atoms with E-state index in [0.717, 1.165) is 28.8 Å². The Bertz CT molecular complexity index is 1110. The van der Waals surface area contributed by atoms with E-state index in [4.69, 9.17) is 4.52 Å². The monoisotopic (exact) mass is 395 g/mol. The highest BCUT2D eigenvalue weighted by atomic mass is 19.1. The summed E-state index contributed by atoms with van der Waals surface area (Å²) >= 11 is 0. The van der Waals surface area contributed by atoms with Crippen molar-refractivity contribution in [1.82, 2.24) is 29.9 Å². The third kappa shape index (κ3) is 4.08. The number of anilines is 1. The van der Waals surface area contributed by atoms with Crippen LogP contribution in [0.2, 0.25) is 0 Å². The molecule has 3 aromatic heterocycles. The van der Waals surface area contributed by atoms with E-state index in [9.17, 15) is 4.39 Å². The predicted molar refractivity (Wildman–Crippen MR) is 107 cm³/mol. The molecular weight excluding hydrogens is 373 g/mol. The van der Waals surface area contributed by atoms with Gasteiger partial charge < -0.3 is 9.84 Å². The number of nitrogens with zero attached hydrogens (tertiary/aromatic N) is 6. The summed E-state index contributed by atoms with van der Waals surface area (Å²) in [4.78, 5) is 13.1. The Balaban J connectivity index is 1.37. The van der Waals surface area contributed by atoms with Crippen molar-refractivity contribution < 1.29 is 8.91 Å². The van der Waals surface area contributed by atoms with Crippen molar-refractivity contribution in [1.29, 1.82) is 0 Å². The molecule has 0 aliphatic rings. The molecule has 0 radical (unpaired) electrons. The minimum absolute atomic E-state index is 0.159. The lowest BCUT2D eigenvalue weighted by Gasteiger charge is -2.19. The predicted octanol–water partition coefficient (Wildman–Crippen LogP) is 3.82. The van der Waals surface area contributed by atoms with Crippen molar-refractivity contribution in [3.05, 3.63) is 48.5 Å². The Morgan fingerprint density at radius 2 is 1.93 bits per heavy atom. The molecule has 1 aromatic carbocycles. The van der Waals surface area contributed by atoms with Gasteiger partial charge in [-0.05, 0) is 51.5 Å². The van der Waals surface area contributed by atoms with Crippen LogP contribution in [0.3, 0.4) is 0 Å². The molecule has 150 valence electrons. The number of halogens is 1. The second-order valence-electron chi connectivity index (χ2n) is 7.74. The molecule has 0 fully saturated rings. The fourth-order valence-electron chi connectivity index (χ4n) is 2.99. The van der Waals surface area contributed by atoms with Gasteiger partial charge in [0.25, 0.3) is 0 Å². The van der Waals surface area contributed by atoms with E-state index in [1.165, 1.54) is 12.1 Å². The summed E-state index contributed by atoms with van der Waals surface area (Å²) in [6, 6.07) is 6.01. The van der Waals surface area contributed by atoms with E-state index in [2.05, 4.69) is 51.3 Å². The molecule has 4 aromatic rings. The molecular formula is C20H22FN7O. The Labute approximate surface area is 167 Å². The van der Waals surface area contributed by atoms with Crippen molar-refractivity contribution >= 4 is 16.9 Å². The van der Waals surface area contributed by atoms with Crippen molar-refractivity contribution in [3.63, 3.8) is 0 Å². The van der Waals surface area contributed by atoms with Crippen LogP contribution >= 0.6 is 0 Å². The highest BCUT2D eigenvalue weighted by molar-refractivity contribution is 5.86. The molecule has 1 N–H and O–H groups in total. The number of aryl methyl sites for hydroxylation is 1. The minimum Gasteiger partial charge on any atom is -0.369 e. The van der Waals surface area contributed by atoms with Crippen LogP contribution in [0.25, 0.3) is 22.4 Å². The van der Waals surface area contributed by atoms with Crippen LogP contribution in [0.4, 0.5) is 10.2 Å². The van der Waals surface area contributed by atoms with Gasteiger partial charge in [-0.1, -0.05) is 5.16 Å². The van der Waals surface area contributed by atoms with E-state index in [-0.39, 0.29) is 11.4 Å². The molecule has 0 unspecified atom stereocenters. The van der Waals surface area contributed by atoms with Gasteiger partial charge in [-0.2, -0.15) is 10.1 Å². The first kappa shape index (κ1) is 19.0. The van der Waals surface area contributed by atoms with Gasteiger partial charge >= 0.3 is 0 Å². The zero-order valence-electron chi connectivity index (χ0n) is 16.6. The maximum atomic E-state index is 13.0. The zero-order valence-corrected chi connectivity index (χ0v) is 16.6. The number of benzene rings is 1. The summed E-state index contributed by atoms with van der Waals surface area (Å²) in [6.45, 7) is 6.93. The molecule has 29 heavy (non-hydrogen) atoms. The number of hydrogen-bond donors (Lipinski definition) is 1. The fourth-order valence-corrected chi connectivity index (χ4v) is 2.99. The molecule has 8 nitrogen and oxygen atoms in total. The largest absolute Gasteiger partial charge is 0.369 e. The van der Waals surface area contributed by atoms with Gasteiger partial charge in [-0.3, -0.25) is 0 Å². The van der Waals surface area contributed by atoms with E-state index >= 15 is 0 Å². The first-order valence-electron chi connectivity index (χ1n) is 9.43. The van der Waals surface area contributed by atoms with Crippen molar-refractivity contribution in [2.75, 3.05) is 11.9 Å². The summed E-state index contributed by atoms with van der Waals surface area (Å²) in [6.07, 6.45) is 4.73. The Morgan fingerprint density at radius 1 is 1.14 bits per heavy atom. The lowest BCUT2D eigenvalue weighted by atomic mass is 10.1. The van der Waals surface area contributed by atoms with Crippen molar-refractivity contribution in [2.24, 2.45) is 0 Å². The molecule has 0 saturated heterocycles. The normalized spacial score (nSPS) is 11.9. The molecule has 4 rings (SSSR count). The lowest BCUT2D eigenvalue weighted by Crippen LogP contribution is -2.23. The molecule has 0 atom stereocenters. The molecule has 0 aliphatic heterocycles. The van der Waals surface area contributed by atoms with E-state index < -0.39 is 0 Å².